The fourth-order valence-electron chi connectivity index (χ4n) is 12.2. The molecule has 5 atom stereocenters. The summed E-state index contributed by atoms with van der Waals surface area (Å²) >= 11 is 12.7. The average Bonchev–Trinajstić information content (AvgIpc) is 1.43. The number of carboxylic acid groups (broad SMARTS) is 2. The molecule has 30 heteroatoms. The number of hydrogen-bond acceptors (Lipinski definition) is 19. The van der Waals surface area contributed by atoms with Crippen LogP contribution in [0.25, 0.3) is 6.08 Å². The fraction of sp³-hybridized carbons (Fsp3) is 0.297. The van der Waals surface area contributed by atoms with Gasteiger partial charge in [-0.25, -0.2) is 42.7 Å². The summed E-state index contributed by atoms with van der Waals surface area (Å²) in [6.07, 6.45) is 5.22. The van der Waals surface area contributed by atoms with Gasteiger partial charge in [-0.2, -0.15) is 0 Å². The summed E-state index contributed by atoms with van der Waals surface area (Å²) in [6.45, 7) is 4.73. The zero-order valence-corrected chi connectivity index (χ0v) is 54.6. The van der Waals surface area contributed by atoms with Crippen LogP contribution in [0.15, 0.2) is 151 Å². The Hall–Kier alpha value is -9.26. The number of ether oxygens (including phenoxy) is 2. The number of methoxy groups -OCH3 is 2. The molecule has 6 aromatic rings. The van der Waals surface area contributed by atoms with Gasteiger partial charge in [0.2, 0.25) is 5.91 Å². The van der Waals surface area contributed by atoms with Crippen LogP contribution in [0.2, 0.25) is 5.02 Å². The van der Waals surface area contributed by atoms with Crippen molar-refractivity contribution >= 4 is 121 Å². The minimum Gasteiger partial charge on any atom is -0.481 e. The number of carboxylic acids is 2. The molecule has 2 aromatic heterocycles. The first-order valence-electron chi connectivity index (χ1n) is 29.4. The quantitative estimate of drug-likeness (QED) is 0.0408. The molecule has 8 heterocycles. The van der Waals surface area contributed by atoms with E-state index in [4.69, 9.17) is 47.0 Å². The summed E-state index contributed by atoms with van der Waals surface area (Å²) in [4.78, 5) is 118. The van der Waals surface area contributed by atoms with Crippen molar-refractivity contribution in [2.45, 2.75) is 50.0 Å². The van der Waals surface area contributed by atoms with Crippen molar-refractivity contribution in [1.29, 1.82) is 0 Å². The number of aliphatic carboxylic acids is 2. The summed E-state index contributed by atoms with van der Waals surface area (Å²) in [6, 6.07) is 18.7. The number of nitrogens with one attached hydrogen (secondary N) is 2. The number of aryl methyl sites for hydroxylation is 1. The first-order valence-corrected chi connectivity index (χ1v) is 32.4. The number of rotatable bonds is 18. The Morgan fingerprint density at radius 1 is 0.723 bits per heavy atom. The summed E-state index contributed by atoms with van der Waals surface area (Å²) in [5.74, 6) is -3.91. The molecule has 6 N–H and O–H groups in total. The van der Waals surface area contributed by atoms with E-state index in [0.717, 1.165) is 22.9 Å². The molecule has 6 aliphatic heterocycles. The number of primary amides is 1. The van der Waals surface area contributed by atoms with Crippen LogP contribution in [0, 0.1) is 11.6 Å². The van der Waals surface area contributed by atoms with Gasteiger partial charge in [0.15, 0.2) is 21.7 Å². The SMILES string of the molecule is COC(=O)C1=C(CN2CCN3C(=O)N(c4ccc(/C=C(\C)C(=O)O)cc4)C[C@@H]3C2)NC(c2nccs2)=N[C@H]1c1ccc(F)cc1Br.COC(=O)C1=C(CN2CCN3C(=O)N(c4ccc(CCC(=O)O)cc4)C[C@@H]3[C@H]2C(N)=O)NC(c2nccs2)=N[C@H]1c1ccc(F)cc1Cl. The first kappa shape index (κ1) is 66.2. The number of carbonyl (C=O) groups excluding carboxylic acids is 5. The van der Waals surface area contributed by atoms with Crippen molar-refractivity contribution in [2.24, 2.45) is 15.7 Å². The van der Waals surface area contributed by atoms with Gasteiger partial charge in [0, 0.05) is 125 Å². The zero-order chi connectivity index (χ0) is 66.6. The van der Waals surface area contributed by atoms with Gasteiger partial charge in [0.1, 0.15) is 29.8 Å². The smallest absolute Gasteiger partial charge is 0.338 e. The lowest BCUT2D eigenvalue weighted by atomic mass is 9.94. The van der Waals surface area contributed by atoms with Gasteiger partial charge in [-0.1, -0.05) is 63.9 Å². The number of halogens is 4. The van der Waals surface area contributed by atoms with E-state index in [1.165, 1.54) is 68.1 Å². The Morgan fingerprint density at radius 2 is 1.28 bits per heavy atom. The Labute approximate surface area is 558 Å². The highest BCUT2D eigenvalue weighted by Crippen LogP contribution is 2.40. The van der Waals surface area contributed by atoms with Gasteiger partial charge >= 0.3 is 35.9 Å². The van der Waals surface area contributed by atoms with E-state index in [0.29, 0.717) is 99.1 Å². The van der Waals surface area contributed by atoms with E-state index in [1.54, 1.807) is 81.0 Å². The van der Waals surface area contributed by atoms with E-state index in [-0.39, 0.29) is 66.9 Å². The molecule has 0 aliphatic carbocycles. The summed E-state index contributed by atoms with van der Waals surface area (Å²) in [5.41, 5.74) is 11.5. The van der Waals surface area contributed by atoms with Gasteiger partial charge in [-0.3, -0.25) is 39.2 Å². The number of amidine groups is 2. The van der Waals surface area contributed by atoms with Crippen molar-refractivity contribution < 1.29 is 62.0 Å². The molecular weight excluding hydrogens is 1340 g/mol. The van der Waals surface area contributed by atoms with E-state index in [2.05, 4.69) is 41.4 Å². The molecule has 24 nitrogen and oxygen atoms in total. The number of carbonyl (C=O) groups is 7. The number of amides is 5. The van der Waals surface area contributed by atoms with E-state index in [1.807, 2.05) is 27.3 Å². The van der Waals surface area contributed by atoms with Crippen molar-refractivity contribution in [1.82, 2.24) is 40.2 Å². The topological polar surface area (TPSA) is 298 Å². The number of esters is 2. The molecule has 0 spiro atoms. The third-order valence-electron chi connectivity index (χ3n) is 16.8. The number of urea groups is 2. The minimum atomic E-state index is -0.990. The number of thiazole rings is 2. The normalized spacial score (nSPS) is 20.8. The van der Waals surface area contributed by atoms with Crippen molar-refractivity contribution in [3.8, 4) is 0 Å². The van der Waals surface area contributed by atoms with Crippen molar-refractivity contribution in [3.63, 3.8) is 0 Å². The molecule has 0 radical (unpaired) electrons. The standard InChI is InChI=1S/C32H30BrFN6O5S.C32H31ClFN7O6S/c1-18(30(41)42)13-19-3-6-21(7-4-19)40-16-22-15-38(10-11-39(22)32(40)44)17-25-26(31(43)45-2)27(23-8-5-20(34)14-24(23)33)37-28(36-25)29-35-9-12-46-29;1-47-31(45)25-22(37-29(30-36-10-13-48-30)38-26(25)20-8-5-18(34)14-21(20)33)15-39-11-12-40-23(27(39)28(35)44)16-41(32(40)46)19-6-2-17(3-7-19)4-9-24(42)43/h3-9,12-14,22,27H,10-11,15-17H2,1-2H3,(H,36,37)(H,41,42);2-3,5-8,10,13-14,23,26-27H,4,9,11-12,15-16H2,1H3,(H2,35,44)(H,37,38)(H,42,43)/b18-13+;/t22-,27-;23-,26+,27+/m01/s1. The average molecular weight is 1410 g/mol. The number of piperazine rings is 2. The van der Waals surface area contributed by atoms with E-state index in [9.17, 15) is 42.3 Å². The molecular formula is C64H61BrClF2N13O11S2. The Morgan fingerprint density at radius 3 is 1.83 bits per heavy atom. The Balaban J connectivity index is 0.000000192. The lowest BCUT2D eigenvalue weighted by molar-refractivity contribution is -0.137. The third-order valence-corrected chi connectivity index (χ3v) is 19.3. The minimum absolute atomic E-state index is 0.00811. The highest BCUT2D eigenvalue weighted by molar-refractivity contribution is 9.10. The lowest BCUT2D eigenvalue weighted by Crippen LogP contribution is -2.64. The fourth-order valence-corrected chi connectivity index (χ4v) is 14.2. The number of nitrogens with two attached hydrogens (primary N) is 1. The largest absolute Gasteiger partial charge is 0.481 e. The molecule has 6 aliphatic rings. The van der Waals surface area contributed by atoms with Gasteiger partial charge < -0.3 is 45.9 Å². The van der Waals surface area contributed by atoms with Crippen molar-refractivity contribution in [2.75, 3.05) is 82.9 Å². The molecule has 0 bridgehead atoms. The van der Waals surface area contributed by atoms with Gasteiger partial charge in [-0.15, -0.1) is 22.7 Å². The van der Waals surface area contributed by atoms with Crippen LogP contribution in [0.4, 0.5) is 29.7 Å². The van der Waals surface area contributed by atoms with Gasteiger partial charge in [0.25, 0.3) is 0 Å². The van der Waals surface area contributed by atoms with E-state index < -0.39 is 65.6 Å². The molecule has 4 fully saturated rings. The molecule has 5 amide bonds. The maximum absolute atomic E-state index is 14.0. The van der Waals surface area contributed by atoms with Crippen LogP contribution in [0.5, 0.6) is 0 Å². The maximum Gasteiger partial charge on any atom is 0.338 e. The van der Waals surface area contributed by atoms with Crippen LogP contribution in [-0.2, 0) is 39.9 Å². The van der Waals surface area contributed by atoms with Gasteiger partial charge in [0.05, 0.1) is 44.0 Å². The summed E-state index contributed by atoms with van der Waals surface area (Å²) in [7, 11) is 2.55. The van der Waals surface area contributed by atoms with Crippen LogP contribution in [-0.4, -0.2) is 185 Å². The zero-order valence-electron chi connectivity index (χ0n) is 50.6. The second kappa shape index (κ2) is 28.5. The molecule has 94 heavy (non-hydrogen) atoms. The number of benzene rings is 4. The van der Waals surface area contributed by atoms with Crippen LogP contribution in [0.3, 0.4) is 0 Å². The molecule has 0 unspecified atom stereocenters. The van der Waals surface area contributed by atoms with Crippen LogP contribution in [0.1, 0.15) is 57.7 Å². The highest BCUT2D eigenvalue weighted by atomic mass is 79.9. The highest BCUT2D eigenvalue weighted by Gasteiger charge is 2.50. The number of aliphatic imine (C=N–C) groups is 2. The lowest BCUT2D eigenvalue weighted by Gasteiger charge is -2.43. The summed E-state index contributed by atoms with van der Waals surface area (Å²) in [5, 5.41) is 29.6. The van der Waals surface area contributed by atoms with E-state index >= 15 is 0 Å². The number of aromatic nitrogens is 2. The Kier molecular flexibility index (Phi) is 20.1. The number of fused-ring (bicyclic) bond motifs is 2. The first-order chi connectivity index (χ1) is 45.2. The van der Waals surface area contributed by atoms with Gasteiger partial charge in [-0.05, 0) is 84.6 Å². The molecule has 4 aromatic carbocycles. The third kappa shape index (κ3) is 14.1. The van der Waals surface area contributed by atoms with Crippen molar-refractivity contribution in [3.05, 3.63) is 190 Å². The predicted molar refractivity (Wildman–Crippen MR) is 350 cm³/mol. The second-order valence-corrected chi connectivity index (χ2v) is 25.6. The predicted octanol–water partition coefficient (Wildman–Crippen LogP) is 7.63. The summed E-state index contributed by atoms with van der Waals surface area (Å²) < 4.78 is 38.9. The van der Waals surface area contributed by atoms with Crippen LogP contribution >= 0.6 is 50.2 Å². The molecule has 488 valence electrons. The Bertz CT molecular complexity index is 4120. The molecule has 4 saturated heterocycles. The number of hydrogen-bond donors (Lipinski definition) is 5. The monoisotopic (exact) mass is 1400 g/mol. The molecule has 12 rings (SSSR count). The maximum atomic E-state index is 14.0. The molecule has 0 saturated carbocycles. The number of nitrogens with zero attached hydrogens (tertiary/aromatic N) is 10. The van der Waals surface area contributed by atoms with Crippen LogP contribution < -0.4 is 26.2 Å². The number of anilines is 2. The second-order valence-electron chi connectivity index (χ2n) is 22.5.